The monoisotopic (exact) mass is 251 g/mol. The predicted molar refractivity (Wildman–Crippen MR) is 79.7 cm³/mol. The van der Waals surface area contributed by atoms with Crippen molar-refractivity contribution in [1.82, 2.24) is 5.32 Å². The van der Waals surface area contributed by atoms with Gasteiger partial charge in [-0.25, -0.2) is 0 Å². The van der Waals surface area contributed by atoms with Crippen molar-refractivity contribution in [3.8, 4) is 0 Å². The highest BCUT2D eigenvalue weighted by Gasteiger charge is 2.04. The third-order valence-corrected chi connectivity index (χ3v) is 4.03. The molecule has 0 fully saturated rings. The van der Waals surface area contributed by atoms with E-state index < -0.39 is 0 Å². The molecule has 0 saturated carbocycles. The van der Waals surface area contributed by atoms with Crippen LogP contribution >= 0.6 is 11.3 Å². The second-order valence-corrected chi connectivity index (χ2v) is 5.91. The molecule has 1 N–H and O–H groups in total. The summed E-state index contributed by atoms with van der Waals surface area (Å²) in [6.45, 7) is 11.1. The third-order valence-electron chi connectivity index (χ3n) is 2.86. The third kappa shape index (κ3) is 5.05. The first kappa shape index (κ1) is 14.5. The van der Waals surface area contributed by atoms with Crippen LogP contribution in [0, 0.1) is 5.92 Å². The summed E-state index contributed by atoms with van der Waals surface area (Å²) in [5.74, 6) is 0.617. The van der Waals surface area contributed by atoms with Gasteiger partial charge < -0.3 is 5.32 Å². The minimum atomic E-state index is 0.617. The van der Waals surface area contributed by atoms with E-state index in [1.807, 2.05) is 11.3 Å². The van der Waals surface area contributed by atoms with Crippen LogP contribution in [0.5, 0.6) is 0 Å². The van der Waals surface area contributed by atoms with E-state index in [-0.39, 0.29) is 0 Å². The molecule has 1 nitrogen and oxygen atoms in total. The topological polar surface area (TPSA) is 12.0 Å². The first-order valence-corrected chi connectivity index (χ1v) is 7.48. The molecule has 0 bridgehead atoms. The van der Waals surface area contributed by atoms with Gasteiger partial charge in [-0.1, -0.05) is 33.3 Å². The lowest BCUT2D eigenvalue weighted by Crippen LogP contribution is -2.19. The van der Waals surface area contributed by atoms with Crippen LogP contribution in [0.2, 0.25) is 0 Å². The zero-order valence-corrected chi connectivity index (χ0v) is 12.4. The zero-order chi connectivity index (χ0) is 12.7. The van der Waals surface area contributed by atoms with Crippen molar-refractivity contribution in [2.75, 3.05) is 13.1 Å². The van der Waals surface area contributed by atoms with Crippen molar-refractivity contribution in [3.63, 3.8) is 0 Å². The molecule has 0 unspecified atom stereocenters. The number of hydrogen-bond acceptors (Lipinski definition) is 2. The van der Waals surface area contributed by atoms with Gasteiger partial charge >= 0.3 is 0 Å². The quantitative estimate of drug-likeness (QED) is 0.710. The molecule has 0 aromatic carbocycles. The molecule has 1 aromatic rings. The summed E-state index contributed by atoms with van der Waals surface area (Å²) in [4.78, 5) is 2.87. The minimum absolute atomic E-state index is 0.617. The fourth-order valence-corrected chi connectivity index (χ4v) is 2.61. The molecule has 1 aromatic heterocycles. The summed E-state index contributed by atoms with van der Waals surface area (Å²) >= 11 is 1.91. The summed E-state index contributed by atoms with van der Waals surface area (Å²) in [5, 5.41) is 3.49. The fraction of sp³-hybridized carbons (Fsp3) is 0.600. The van der Waals surface area contributed by atoms with Crippen molar-refractivity contribution in [1.29, 1.82) is 0 Å². The average Bonchev–Trinajstić information content (AvgIpc) is 2.75. The number of aryl methyl sites for hydroxylation is 1. The number of thiophene rings is 1. The molecule has 96 valence electrons. The molecule has 1 rings (SSSR count). The zero-order valence-electron chi connectivity index (χ0n) is 11.5. The van der Waals surface area contributed by atoms with E-state index in [1.54, 1.807) is 0 Å². The van der Waals surface area contributed by atoms with Gasteiger partial charge in [0.1, 0.15) is 0 Å². The SMILES string of the molecule is CCCNCC(=Cc1ccc(CC)s1)C(C)C. The van der Waals surface area contributed by atoms with Crippen molar-refractivity contribution >= 4 is 17.4 Å². The maximum absolute atomic E-state index is 3.49. The van der Waals surface area contributed by atoms with Gasteiger partial charge in [0.25, 0.3) is 0 Å². The number of rotatable bonds is 7. The van der Waals surface area contributed by atoms with E-state index in [0.29, 0.717) is 5.92 Å². The summed E-state index contributed by atoms with van der Waals surface area (Å²) in [5.41, 5.74) is 1.50. The summed E-state index contributed by atoms with van der Waals surface area (Å²) in [6, 6.07) is 4.49. The van der Waals surface area contributed by atoms with Gasteiger partial charge in [-0.15, -0.1) is 11.3 Å². The van der Waals surface area contributed by atoms with E-state index in [2.05, 4.69) is 51.2 Å². The molecule has 2 heteroatoms. The van der Waals surface area contributed by atoms with Crippen LogP contribution in [0.1, 0.15) is 43.9 Å². The van der Waals surface area contributed by atoms with Crippen molar-refractivity contribution in [3.05, 3.63) is 27.5 Å². The molecule has 1 heterocycles. The Morgan fingerprint density at radius 2 is 2.12 bits per heavy atom. The lowest BCUT2D eigenvalue weighted by atomic mass is 10.0. The largest absolute Gasteiger partial charge is 0.313 e. The van der Waals surface area contributed by atoms with E-state index in [4.69, 9.17) is 0 Å². The van der Waals surface area contributed by atoms with Crippen LogP contribution in [0.15, 0.2) is 17.7 Å². The molecular weight excluding hydrogens is 226 g/mol. The van der Waals surface area contributed by atoms with Crippen LogP contribution in [0.4, 0.5) is 0 Å². The van der Waals surface area contributed by atoms with Crippen molar-refractivity contribution in [2.24, 2.45) is 5.92 Å². The van der Waals surface area contributed by atoms with Crippen LogP contribution in [-0.4, -0.2) is 13.1 Å². The Labute approximate surface area is 110 Å². The Balaban J connectivity index is 2.68. The second kappa shape index (κ2) is 7.67. The molecule has 0 aliphatic rings. The van der Waals surface area contributed by atoms with Gasteiger partial charge in [-0.05, 0) is 43.5 Å². The van der Waals surface area contributed by atoms with Gasteiger partial charge in [0, 0.05) is 16.3 Å². The highest BCUT2D eigenvalue weighted by atomic mass is 32.1. The fourth-order valence-electron chi connectivity index (χ4n) is 1.68. The van der Waals surface area contributed by atoms with Gasteiger partial charge in [0.05, 0.1) is 0 Å². The second-order valence-electron chi connectivity index (χ2n) is 4.71. The Morgan fingerprint density at radius 1 is 1.35 bits per heavy atom. The first-order valence-electron chi connectivity index (χ1n) is 6.67. The predicted octanol–water partition coefficient (Wildman–Crippen LogP) is 4.35. The smallest absolute Gasteiger partial charge is 0.0273 e. The van der Waals surface area contributed by atoms with Crippen LogP contribution in [0.3, 0.4) is 0 Å². The van der Waals surface area contributed by atoms with Gasteiger partial charge in [-0.3, -0.25) is 0 Å². The normalized spacial score (nSPS) is 12.4. The van der Waals surface area contributed by atoms with Crippen LogP contribution < -0.4 is 5.32 Å². The highest BCUT2D eigenvalue weighted by molar-refractivity contribution is 7.12. The molecule has 0 aliphatic carbocycles. The van der Waals surface area contributed by atoms with Crippen molar-refractivity contribution < 1.29 is 0 Å². The highest BCUT2D eigenvalue weighted by Crippen LogP contribution is 2.22. The Morgan fingerprint density at radius 3 is 2.65 bits per heavy atom. The first-order chi connectivity index (χ1) is 8.17. The van der Waals surface area contributed by atoms with E-state index in [0.717, 1.165) is 19.5 Å². The maximum Gasteiger partial charge on any atom is 0.0273 e. The molecule has 0 radical (unpaired) electrons. The lowest BCUT2D eigenvalue weighted by Gasteiger charge is -2.12. The lowest BCUT2D eigenvalue weighted by molar-refractivity contribution is 0.657. The summed E-state index contributed by atoms with van der Waals surface area (Å²) < 4.78 is 0. The van der Waals surface area contributed by atoms with Gasteiger partial charge in [-0.2, -0.15) is 0 Å². The Kier molecular flexibility index (Phi) is 6.53. The van der Waals surface area contributed by atoms with Crippen molar-refractivity contribution in [2.45, 2.75) is 40.5 Å². The van der Waals surface area contributed by atoms with E-state index in [1.165, 1.54) is 21.7 Å². The molecule has 0 atom stereocenters. The molecule has 0 spiro atoms. The van der Waals surface area contributed by atoms with Crippen LogP contribution in [-0.2, 0) is 6.42 Å². The number of nitrogens with one attached hydrogen (secondary N) is 1. The Bertz CT molecular complexity index is 350. The Hall–Kier alpha value is -0.600. The molecule has 17 heavy (non-hydrogen) atoms. The van der Waals surface area contributed by atoms with Gasteiger partial charge in [0.15, 0.2) is 0 Å². The van der Waals surface area contributed by atoms with Crippen LogP contribution in [0.25, 0.3) is 6.08 Å². The van der Waals surface area contributed by atoms with Gasteiger partial charge in [0.2, 0.25) is 0 Å². The number of hydrogen-bond donors (Lipinski definition) is 1. The van der Waals surface area contributed by atoms with E-state index >= 15 is 0 Å². The molecule has 0 aliphatic heterocycles. The maximum atomic E-state index is 3.49. The molecule has 0 amide bonds. The summed E-state index contributed by atoms with van der Waals surface area (Å²) in [7, 11) is 0. The molecule has 0 saturated heterocycles. The van der Waals surface area contributed by atoms with E-state index in [9.17, 15) is 0 Å². The minimum Gasteiger partial charge on any atom is -0.313 e. The standard InChI is InChI=1S/C15H25NS/c1-5-9-16-11-13(12(3)4)10-15-8-7-14(6-2)17-15/h7-8,10,12,16H,5-6,9,11H2,1-4H3. The average molecular weight is 251 g/mol. The summed E-state index contributed by atoms with van der Waals surface area (Å²) in [6.07, 6.45) is 4.70. The molecular formula is C15H25NS.